The van der Waals surface area contributed by atoms with Crippen LogP contribution in [-0.4, -0.2) is 45.5 Å². The molecule has 1 aromatic carbocycles. The molecular weight excluding hydrogens is 339 g/mol. The normalized spacial score (nSPS) is 20.7. The Morgan fingerprint density at radius 1 is 1.27 bits per heavy atom. The highest BCUT2D eigenvalue weighted by Gasteiger charge is 2.29. The number of aliphatic hydroxyl groups is 1. The molecule has 0 spiro atoms. The Kier molecular flexibility index (Phi) is 4.29. The fraction of sp³-hybridized carbons (Fsp3) is 0.389. The van der Waals surface area contributed by atoms with Crippen molar-refractivity contribution in [3.63, 3.8) is 0 Å². The van der Waals surface area contributed by atoms with Gasteiger partial charge >= 0.3 is 0 Å². The third-order valence-corrected chi connectivity index (χ3v) is 4.47. The average Bonchev–Trinajstić information content (AvgIpc) is 3.05. The summed E-state index contributed by atoms with van der Waals surface area (Å²) in [5.41, 5.74) is 1.74. The molecule has 1 N–H and O–H groups in total. The van der Waals surface area contributed by atoms with Gasteiger partial charge in [0.25, 0.3) is 0 Å². The number of rotatable bonds is 3. The lowest BCUT2D eigenvalue weighted by Crippen LogP contribution is -2.46. The lowest BCUT2D eigenvalue weighted by molar-refractivity contribution is -0.00549. The molecule has 2 atom stereocenters. The van der Waals surface area contributed by atoms with Gasteiger partial charge in [0.15, 0.2) is 5.82 Å². The molecule has 3 aromatic rings. The molecule has 0 aliphatic carbocycles. The summed E-state index contributed by atoms with van der Waals surface area (Å²) >= 11 is 0. The third kappa shape index (κ3) is 2.81. The highest BCUT2D eigenvalue weighted by molar-refractivity contribution is 5.94. The van der Waals surface area contributed by atoms with Crippen molar-refractivity contribution in [1.82, 2.24) is 15.1 Å². The summed E-state index contributed by atoms with van der Waals surface area (Å²) < 4.78 is 26.3. The van der Waals surface area contributed by atoms with Crippen LogP contribution in [0.15, 0.2) is 29.2 Å². The molecule has 1 saturated heterocycles. The van der Waals surface area contributed by atoms with Crippen molar-refractivity contribution in [3.05, 3.63) is 36.0 Å². The first-order valence-corrected chi connectivity index (χ1v) is 8.47. The molecular formula is C18H19FN4O3. The van der Waals surface area contributed by atoms with Crippen molar-refractivity contribution in [2.75, 3.05) is 18.0 Å². The van der Waals surface area contributed by atoms with Gasteiger partial charge in [0, 0.05) is 31.0 Å². The molecule has 8 heteroatoms. The minimum atomic E-state index is -0.532. The zero-order valence-corrected chi connectivity index (χ0v) is 14.5. The molecule has 26 heavy (non-hydrogen) atoms. The van der Waals surface area contributed by atoms with Crippen LogP contribution in [0, 0.1) is 5.82 Å². The second kappa shape index (κ2) is 6.62. The summed E-state index contributed by atoms with van der Waals surface area (Å²) in [5, 5.41) is 14.3. The van der Waals surface area contributed by atoms with Crippen LogP contribution in [0.3, 0.4) is 0 Å². The van der Waals surface area contributed by atoms with Crippen LogP contribution in [0.5, 0.6) is 0 Å². The zero-order chi connectivity index (χ0) is 18.3. The van der Waals surface area contributed by atoms with Crippen LogP contribution in [0.25, 0.3) is 22.4 Å². The predicted octanol–water partition coefficient (Wildman–Crippen LogP) is 2.53. The molecule has 4 rings (SSSR count). The number of fused-ring (bicyclic) bond motifs is 1. The van der Waals surface area contributed by atoms with E-state index in [0.29, 0.717) is 41.1 Å². The second-order valence-electron chi connectivity index (χ2n) is 6.52. The minimum absolute atomic E-state index is 0.0368. The summed E-state index contributed by atoms with van der Waals surface area (Å²) in [7, 11) is 0. The highest BCUT2D eigenvalue weighted by Crippen LogP contribution is 2.37. The minimum Gasteiger partial charge on any atom is -0.392 e. The largest absolute Gasteiger partial charge is 0.392 e. The Bertz CT molecular complexity index is 921. The second-order valence-corrected chi connectivity index (χ2v) is 6.52. The van der Waals surface area contributed by atoms with Crippen molar-refractivity contribution >= 4 is 16.7 Å². The van der Waals surface area contributed by atoms with Crippen molar-refractivity contribution in [2.24, 2.45) is 0 Å². The Morgan fingerprint density at radius 2 is 2.04 bits per heavy atom. The van der Waals surface area contributed by atoms with Crippen LogP contribution < -0.4 is 4.90 Å². The number of aliphatic hydroxyl groups excluding tert-OH is 1. The summed E-state index contributed by atoms with van der Waals surface area (Å²) in [5.74, 6) is -0.532. The fourth-order valence-electron chi connectivity index (χ4n) is 3.51. The lowest BCUT2D eigenvalue weighted by atomic mass is 10.0. The maximum atomic E-state index is 15.3. The Hall–Kier alpha value is -2.58. The number of aromatic nitrogens is 3. The molecule has 0 bridgehead atoms. The average molecular weight is 358 g/mol. The van der Waals surface area contributed by atoms with Gasteiger partial charge in [-0.3, -0.25) is 9.97 Å². The quantitative estimate of drug-likeness (QED) is 0.770. The van der Waals surface area contributed by atoms with Crippen molar-refractivity contribution in [1.29, 1.82) is 0 Å². The Labute approximate surface area is 149 Å². The zero-order valence-electron chi connectivity index (χ0n) is 14.5. The number of nitrogens with zero attached hydrogens (tertiary/aromatic N) is 4. The van der Waals surface area contributed by atoms with Gasteiger partial charge in [-0.15, -0.1) is 0 Å². The summed E-state index contributed by atoms with van der Waals surface area (Å²) in [4.78, 5) is 10.1. The molecule has 0 saturated carbocycles. The highest BCUT2D eigenvalue weighted by atomic mass is 19.1. The van der Waals surface area contributed by atoms with E-state index in [-0.39, 0.29) is 24.4 Å². The summed E-state index contributed by atoms with van der Waals surface area (Å²) in [6.07, 6.45) is 4.54. The topological polar surface area (TPSA) is 84.5 Å². The van der Waals surface area contributed by atoms with E-state index < -0.39 is 5.82 Å². The van der Waals surface area contributed by atoms with E-state index >= 15 is 4.39 Å². The van der Waals surface area contributed by atoms with E-state index in [1.54, 1.807) is 12.3 Å². The molecule has 1 fully saturated rings. The van der Waals surface area contributed by atoms with Gasteiger partial charge in [-0.2, -0.15) is 0 Å². The smallest absolute Gasteiger partial charge is 0.205 e. The summed E-state index contributed by atoms with van der Waals surface area (Å²) in [6, 6.07) is 1.71. The molecule has 0 radical (unpaired) electrons. The van der Waals surface area contributed by atoms with Gasteiger partial charge in [-0.1, -0.05) is 5.16 Å². The van der Waals surface area contributed by atoms with Gasteiger partial charge in [-0.25, -0.2) is 4.39 Å². The lowest BCUT2D eigenvalue weighted by Gasteiger charge is -2.37. The molecule has 3 heterocycles. The first kappa shape index (κ1) is 16.9. The SMILES string of the molecule is CC1CN(c2c(CO)cc3c(-c4cnccn4)noc3c2F)CC(C)O1. The predicted molar refractivity (Wildman–Crippen MR) is 93.1 cm³/mol. The van der Waals surface area contributed by atoms with Crippen LogP contribution in [-0.2, 0) is 11.3 Å². The number of hydrogen-bond acceptors (Lipinski definition) is 7. The Morgan fingerprint density at radius 3 is 2.69 bits per heavy atom. The maximum Gasteiger partial charge on any atom is 0.205 e. The van der Waals surface area contributed by atoms with E-state index in [1.807, 2.05) is 18.7 Å². The third-order valence-electron chi connectivity index (χ3n) is 4.47. The molecule has 2 unspecified atom stereocenters. The van der Waals surface area contributed by atoms with E-state index in [4.69, 9.17) is 9.26 Å². The Balaban J connectivity index is 1.86. The number of ether oxygens (including phenoxy) is 1. The number of benzene rings is 1. The van der Waals surface area contributed by atoms with E-state index in [2.05, 4.69) is 15.1 Å². The van der Waals surface area contributed by atoms with Crippen LogP contribution >= 0.6 is 0 Å². The van der Waals surface area contributed by atoms with Crippen molar-refractivity contribution < 1.29 is 18.8 Å². The van der Waals surface area contributed by atoms with Gasteiger partial charge in [0.1, 0.15) is 11.4 Å². The van der Waals surface area contributed by atoms with Crippen molar-refractivity contribution in [3.8, 4) is 11.4 Å². The first-order chi connectivity index (χ1) is 12.6. The van der Waals surface area contributed by atoms with Crippen LogP contribution in [0.2, 0.25) is 0 Å². The first-order valence-electron chi connectivity index (χ1n) is 8.47. The molecule has 7 nitrogen and oxygen atoms in total. The maximum absolute atomic E-state index is 15.3. The number of halogens is 1. The van der Waals surface area contributed by atoms with Gasteiger partial charge in [0.2, 0.25) is 5.58 Å². The fourth-order valence-corrected chi connectivity index (χ4v) is 3.51. The van der Waals surface area contributed by atoms with E-state index in [9.17, 15) is 5.11 Å². The molecule has 2 aromatic heterocycles. The molecule has 1 aliphatic heterocycles. The number of anilines is 1. The number of morpholine rings is 1. The van der Waals surface area contributed by atoms with Gasteiger partial charge in [0.05, 0.1) is 36.1 Å². The van der Waals surface area contributed by atoms with Gasteiger partial charge in [-0.05, 0) is 19.9 Å². The molecule has 1 aliphatic rings. The van der Waals surface area contributed by atoms with Gasteiger partial charge < -0.3 is 19.3 Å². The number of hydrogen-bond donors (Lipinski definition) is 1. The molecule has 136 valence electrons. The molecule has 0 amide bonds. The van der Waals surface area contributed by atoms with Crippen molar-refractivity contribution in [2.45, 2.75) is 32.7 Å². The van der Waals surface area contributed by atoms with E-state index in [1.165, 1.54) is 12.4 Å². The standard InChI is InChI=1S/C18H19FN4O3/c1-10-7-23(8-11(2)25-10)17-12(9-24)5-13-16(14-6-20-3-4-21-14)22-26-18(13)15(17)19/h3-6,10-11,24H,7-9H2,1-2H3. The summed E-state index contributed by atoms with van der Waals surface area (Å²) in [6.45, 7) is 4.65. The van der Waals surface area contributed by atoms with Crippen LogP contribution in [0.4, 0.5) is 10.1 Å². The van der Waals surface area contributed by atoms with Crippen LogP contribution in [0.1, 0.15) is 19.4 Å². The monoisotopic (exact) mass is 358 g/mol. The van der Waals surface area contributed by atoms with E-state index in [0.717, 1.165) is 0 Å².